The minimum absolute atomic E-state index is 0.187. The molecule has 2 aromatic heterocycles. The van der Waals surface area contributed by atoms with Gasteiger partial charge in [-0.3, -0.25) is 0 Å². The van der Waals surface area contributed by atoms with Crippen LogP contribution in [-0.2, 0) is 21.4 Å². The van der Waals surface area contributed by atoms with E-state index in [1.54, 1.807) is 0 Å². The number of aromatic nitrogens is 2. The highest BCUT2D eigenvalue weighted by Gasteiger charge is 2.32. The molecule has 1 amide bonds. The van der Waals surface area contributed by atoms with Gasteiger partial charge in [0, 0.05) is 25.0 Å². The van der Waals surface area contributed by atoms with Crippen LogP contribution in [0.2, 0.25) is 0 Å². The number of nitrogens with one attached hydrogen (secondary N) is 1. The molecule has 3 rings (SSSR count). The van der Waals surface area contributed by atoms with Gasteiger partial charge in [0.1, 0.15) is 23.9 Å². The second kappa shape index (κ2) is 8.14. The monoisotopic (exact) mass is 443 g/mol. The Hall–Kier alpha value is -3.41. The number of ether oxygens (including phenoxy) is 1. The maximum absolute atomic E-state index is 15.1. The molecule has 0 saturated carbocycles. The van der Waals surface area contributed by atoms with Crippen LogP contribution >= 0.6 is 0 Å². The highest BCUT2D eigenvalue weighted by atomic mass is 32.2. The van der Waals surface area contributed by atoms with Crippen molar-refractivity contribution in [3.8, 4) is 11.3 Å². The molecule has 0 atom stereocenters. The van der Waals surface area contributed by atoms with Gasteiger partial charge in [-0.25, -0.2) is 35.3 Å². The number of nitrogens with zero attached hydrogens (tertiary/aromatic N) is 2. The molecule has 3 aromatic rings. The average molecular weight is 443 g/mol. The topological polar surface area (TPSA) is 90.3 Å². The molecule has 1 aromatic carbocycles. The number of amides is 1. The van der Waals surface area contributed by atoms with Gasteiger partial charge in [0.25, 0.3) is 10.0 Å². The van der Waals surface area contributed by atoms with Crippen molar-refractivity contribution in [2.24, 2.45) is 0 Å². The van der Waals surface area contributed by atoms with Gasteiger partial charge in [0.2, 0.25) is 5.95 Å². The van der Waals surface area contributed by atoms with E-state index in [1.165, 1.54) is 13.1 Å². The molecule has 12 heteroatoms. The van der Waals surface area contributed by atoms with Crippen molar-refractivity contribution in [2.45, 2.75) is 11.5 Å². The van der Waals surface area contributed by atoms with Crippen LogP contribution in [-0.4, -0.2) is 30.5 Å². The summed E-state index contributed by atoms with van der Waals surface area (Å²) in [5.74, 6) is -5.35. The van der Waals surface area contributed by atoms with Crippen molar-refractivity contribution in [2.75, 3.05) is 7.05 Å². The second-order valence-corrected chi connectivity index (χ2v) is 7.59. The van der Waals surface area contributed by atoms with Crippen LogP contribution < -0.4 is 5.32 Å². The van der Waals surface area contributed by atoms with Gasteiger partial charge >= 0.3 is 6.09 Å². The number of pyridine rings is 1. The first-order valence-corrected chi connectivity index (χ1v) is 9.67. The maximum Gasteiger partial charge on any atom is 0.407 e. The molecule has 0 aliphatic carbocycles. The largest absolute Gasteiger partial charge is 0.445 e. The first-order valence-electron chi connectivity index (χ1n) is 8.23. The van der Waals surface area contributed by atoms with Gasteiger partial charge in [0.05, 0.1) is 5.56 Å². The van der Waals surface area contributed by atoms with Crippen LogP contribution in [0.4, 0.5) is 22.4 Å². The first-order chi connectivity index (χ1) is 14.2. The van der Waals surface area contributed by atoms with Gasteiger partial charge in [-0.1, -0.05) is 6.07 Å². The molecule has 0 fully saturated rings. The van der Waals surface area contributed by atoms with E-state index in [0.29, 0.717) is 18.3 Å². The normalized spacial score (nSPS) is 11.4. The standard InChI is InChI=1S/C18H13F4N3O4S/c1-23-18(26)29-9-10-8-25(15(14(10)21)11-4-3-7-24-17(11)22)30(27,28)16-12(19)5-2-6-13(16)20/h2-8H,9H2,1H3,(H,23,26). The molecule has 0 radical (unpaired) electrons. The average Bonchev–Trinajstić information content (AvgIpc) is 3.03. The zero-order valence-electron chi connectivity index (χ0n) is 15.2. The summed E-state index contributed by atoms with van der Waals surface area (Å²) in [6.45, 7) is -0.733. The lowest BCUT2D eigenvalue weighted by Crippen LogP contribution is -2.19. The Morgan fingerprint density at radius 3 is 2.40 bits per heavy atom. The molecule has 2 heterocycles. The SMILES string of the molecule is CNC(=O)OCc1cn(S(=O)(=O)c2c(F)cccc2F)c(-c2cccnc2F)c1F. The summed E-state index contributed by atoms with van der Waals surface area (Å²) in [6, 6.07) is 4.61. The third-order valence-electron chi connectivity index (χ3n) is 4.00. The second-order valence-electron chi connectivity index (χ2n) is 5.84. The highest BCUT2D eigenvalue weighted by molar-refractivity contribution is 7.90. The van der Waals surface area contributed by atoms with E-state index in [0.717, 1.165) is 18.3 Å². The van der Waals surface area contributed by atoms with E-state index in [4.69, 9.17) is 4.74 Å². The summed E-state index contributed by atoms with van der Waals surface area (Å²) >= 11 is 0. The Morgan fingerprint density at radius 1 is 1.13 bits per heavy atom. The van der Waals surface area contributed by atoms with Crippen molar-refractivity contribution in [3.63, 3.8) is 0 Å². The molecule has 0 spiro atoms. The summed E-state index contributed by atoms with van der Waals surface area (Å²) in [5, 5.41) is 2.11. The third kappa shape index (κ3) is 3.73. The Balaban J connectivity index is 2.27. The fourth-order valence-corrected chi connectivity index (χ4v) is 4.15. The van der Waals surface area contributed by atoms with Gasteiger partial charge in [0.15, 0.2) is 10.7 Å². The van der Waals surface area contributed by atoms with Gasteiger partial charge in [-0.15, -0.1) is 0 Å². The van der Waals surface area contributed by atoms with Gasteiger partial charge < -0.3 is 10.1 Å². The Labute approximate surface area is 168 Å². The van der Waals surface area contributed by atoms with Crippen LogP contribution in [0.15, 0.2) is 47.6 Å². The van der Waals surface area contributed by atoms with Crippen molar-refractivity contribution in [3.05, 3.63) is 71.7 Å². The molecule has 0 saturated heterocycles. The fourth-order valence-electron chi connectivity index (χ4n) is 2.64. The van der Waals surface area contributed by atoms with Crippen LogP contribution in [0.3, 0.4) is 0 Å². The van der Waals surface area contributed by atoms with E-state index in [1.807, 2.05) is 0 Å². The summed E-state index contributed by atoms with van der Waals surface area (Å²) < 4.78 is 88.5. The number of alkyl carbamates (subject to hydrolysis) is 1. The number of carbonyl (C=O) groups excluding carboxylic acids is 1. The maximum atomic E-state index is 15.1. The zero-order chi connectivity index (χ0) is 22.1. The van der Waals surface area contributed by atoms with Crippen LogP contribution in [0.5, 0.6) is 0 Å². The molecular formula is C18H13F4N3O4S. The smallest absolute Gasteiger partial charge is 0.407 e. The summed E-state index contributed by atoms with van der Waals surface area (Å²) in [4.78, 5) is 13.3. The van der Waals surface area contributed by atoms with Gasteiger partial charge in [-0.05, 0) is 24.3 Å². The van der Waals surface area contributed by atoms with Crippen LogP contribution in [0.1, 0.15) is 5.56 Å². The molecule has 0 aliphatic rings. The Morgan fingerprint density at radius 2 is 1.80 bits per heavy atom. The minimum Gasteiger partial charge on any atom is -0.445 e. The molecule has 30 heavy (non-hydrogen) atoms. The molecule has 0 bridgehead atoms. The number of benzene rings is 1. The van der Waals surface area contributed by atoms with Crippen molar-refractivity contribution in [1.29, 1.82) is 0 Å². The first kappa shape index (κ1) is 21.3. The number of hydrogen-bond donors (Lipinski definition) is 1. The predicted molar refractivity (Wildman–Crippen MR) is 95.8 cm³/mol. The Kier molecular flexibility index (Phi) is 5.78. The predicted octanol–water partition coefficient (Wildman–Crippen LogP) is 3.20. The quantitative estimate of drug-likeness (QED) is 0.483. The van der Waals surface area contributed by atoms with Crippen LogP contribution in [0, 0.1) is 23.4 Å². The zero-order valence-corrected chi connectivity index (χ0v) is 16.0. The number of hydrogen-bond acceptors (Lipinski definition) is 5. The molecule has 7 nitrogen and oxygen atoms in total. The van der Waals surface area contributed by atoms with Crippen molar-refractivity contribution in [1.82, 2.24) is 14.3 Å². The number of rotatable bonds is 5. The van der Waals surface area contributed by atoms with Crippen molar-refractivity contribution < 1.29 is 35.5 Å². The van der Waals surface area contributed by atoms with E-state index < -0.39 is 67.8 Å². The van der Waals surface area contributed by atoms with E-state index >= 15 is 4.39 Å². The summed E-state index contributed by atoms with van der Waals surface area (Å²) in [6.07, 6.45) is 0.755. The van der Waals surface area contributed by atoms with Crippen molar-refractivity contribution >= 4 is 16.1 Å². The molecule has 0 unspecified atom stereocenters. The fraction of sp³-hybridized carbons (Fsp3) is 0.111. The molecule has 158 valence electrons. The lowest BCUT2D eigenvalue weighted by Gasteiger charge is -2.12. The summed E-state index contributed by atoms with van der Waals surface area (Å²) in [5.41, 5.74) is -1.92. The van der Waals surface area contributed by atoms with Crippen LogP contribution in [0.25, 0.3) is 11.3 Å². The number of halogens is 4. The Bertz CT molecular complexity index is 1210. The lowest BCUT2D eigenvalue weighted by atomic mass is 10.2. The number of carbonyl (C=O) groups is 1. The lowest BCUT2D eigenvalue weighted by molar-refractivity contribution is 0.141. The molecule has 1 N–H and O–H groups in total. The third-order valence-corrected chi connectivity index (χ3v) is 5.71. The summed E-state index contributed by atoms with van der Waals surface area (Å²) in [7, 11) is -3.82. The van der Waals surface area contributed by atoms with E-state index in [-0.39, 0.29) is 3.97 Å². The molecular weight excluding hydrogens is 430 g/mol. The van der Waals surface area contributed by atoms with E-state index in [2.05, 4.69) is 10.3 Å². The van der Waals surface area contributed by atoms with Gasteiger partial charge in [-0.2, -0.15) is 4.39 Å². The van der Waals surface area contributed by atoms with E-state index in [9.17, 15) is 26.4 Å². The molecule has 0 aliphatic heterocycles. The highest BCUT2D eigenvalue weighted by Crippen LogP contribution is 2.33. The minimum atomic E-state index is -5.07.